The van der Waals surface area contributed by atoms with Crippen LogP contribution < -0.4 is 5.32 Å². The minimum atomic E-state index is 0.427. The van der Waals surface area contributed by atoms with Crippen LogP contribution in [0, 0.1) is 13.8 Å². The summed E-state index contributed by atoms with van der Waals surface area (Å²) < 4.78 is 5.14. The number of aromatic nitrogens is 1. The number of aryl methyl sites for hydroxylation is 2. The highest BCUT2D eigenvalue weighted by molar-refractivity contribution is 7.11. The molecule has 0 amide bonds. The first kappa shape index (κ1) is 12.6. The lowest BCUT2D eigenvalue weighted by molar-refractivity contribution is 0.163. The molecule has 0 aromatic carbocycles. The van der Waals surface area contributed by atoms with Crippen molar-refractivity contribution in [2.45, 2.75) is 39.8 Å². The summed E-state index contributed by atoms with van der Waals surface area (Å²) in [5.41, 5.74) is 1.17. The van der Waals surface area contributed by atoms with Crippen LogP contribution in [0.3, 0.4) is 0 Å². The summed E-state index contributed by atoms with van der Waals surface area (Å²) in [5.74, 6) is 0. The second kappa shape index (κ2) is 6.20. The minimum Gasteiger partial charge on any atom is -0.383 e. The SMILES string of the molecule is CCC(COC)NCc1nc(C)sc1C. The van der Waals surface area contributed by atoms with Crippen LogP contribution in [0.15, 0.2) is 0 Å². The number of nitrogens with one attached hydrogen (secondary N) is 1. The number of ether oxygens (including phenoxy) is 1. The molecule has 0 bridgehead atoms. The van der Waals surface area contributed by atoms with Crippen LogP contribution in [0.5, 0.6) is 0 Å². The fourth-order valence-electron chi connectivity index (χ4n) is 1.50. The van der Waals surface area contributed by atoms with Crippen molar-refractivity contribution < 1.29 is 4.74 Å². The Labute approximate surface area is 95.9 Å². The fourth-order valence-corrected chi connectivity index (χ4v) is 2.33. The zero-order valence-electron chi connectivity index (χ0n) is 9.96. The Morgan fingerprint density at radius 2 is 2.20 bits per heavy atom. The maximum atomic E-state index is 5.14. The molecule has 1 aromatic rings. The highest BCUT2D eigenvalue weighted by atomic mass is 32.1. The van der Waals surface area contributed by atoms with Crippen molar-refractivity contribution in [3.8, 4) is 0 Å². The summed E-state index contributed by atoms with van der Waals surface area (Å²) in [7, 11) is 1.74. The molecule has 3 nitrogen and oxygen atoms in total. The molecule has 0 saturated carbocycles. The second-order valence-corrected chi connectivity index (χ2v) is 5.08. The van der Waals surface area contributed by atoms with Crippen molar-refractivity contribution in [3.63, 3.8) is 0 Å². The second-order valence-electron chi connectivity index (χ2n) is 3.68. The van der Waals surface area contributed by atoms with E-state index in [2.05, 4.69) is 24.1 Å². The van der Waals surface area contributed by atoms with E-state index in [1.807, 2.05) is 6.92 Å². The molecule has 1 aromatic heterocycles. The largest absolute Gasteiger partial charge is 0.383 e. The maximum absolute atomic E-state index is 5.14. The zero-order valence-corrected chi connectivity index (χ0v) is 10.8. The van der Waals surface area contributed by atoms with Gasteiger partial charge in [-0.05, 0) is 20.3 Å². The first-order valence-corrected chi connectivity index (χ1v) is 6.14. The van der Waals surface area contributed by atoms with E-state index < -0.39 is 0 Å². The Bertz CT molecular complexity index is 299. The number of thiazole rings is 1. The molecule has 1 N–H and O–H groups in total. The summed E-state index contributed by atoms with van der Waals surface area (Å²) in [6.45, 7) is 7.94. The quantitative estimate of drug-likeness (QED) is 0.811. The molecule has 1 atom stereocenters. The standard InChI is InChI=1S/C11H20N2OS/c1-5-10(7-14-4)12-6-11-8(2)15-9(3)13-11/h10,12H,5-7H2,1-4H3. The predicted molar refractivity (Wildman–Crippen MR) is 64.4 cm³/mol. The molecular weight excluding hydrogens is 208 g/mol. The van der Waals surface area contributed by atoms with Gasteiger partial charge in [-0.1, -0.05) is 6.92 Å². The Kier molecular flexibility index (Phi) is 5.22. The minimum absolute atomic E-state index is 0.427. The van der Waals surface area contributed by atoms with Crippen LogP contribution in [0.4, 0.5) is 0 Å². The van der Waals surface area contributed by atoms with Gasteiger partial charge in [0.1, 0.15) is 0 Å². The van der Waals surface area contributed by atoms with Crippen LogP contribution >= 0.6 is 11.3 Å². The van der Waals surface area contributed by atoms with Gasteiger partial charge in [0.15, 0.2) is 0 Å². The fraction of sp³-hybridized carbons (Fsp3) is 0.727. The van der Waals surface area contributed by atoms with Crippen molar-refractivity contribution in [1.29, 1.82) is 0 Å². The highest BCUT2D eigenvalue weighted by Crippen LogP contribution is 2.16. The number of rotatable bonds is 6. The topological polar surface area (TPSA) is 34.1 Å². The van der Waals surface area contributed by atoms with Crippen LogP contribution in [-0.2, 0) is 11.3 Å². The lowest BCUT2D eigenvalue weighted by atomic mass is 10.2. The molecule has 1 rings (SSSR count). The molecular formula is C11H20N2OS. The number of nitrogens with zero attached hydrogens (tertiary/aromatic N) is 1. The molecule has 4 heteroatoms. The zero-order chi connectivity index (χ0) is 11.3. The molecule has 1 heterocycles. The normalized spacial score (nSPS) is 13.1. The first-order valence-electron chi connectivity index (χ1n) is 5.32. The molecule has 1 unspecified atom stereocenters. The summed E-state index contributed by atoms with van der Waals surface area (Å²) in [6, 6.07) is 0.427. The van der Waals surface area contributed by atoms with E-state index in [0.29, 0.717) is 6.04 Å². The average Bonchev–Trinajstić information content (AvgIpc) is 2.52. The van der Waals surface area contributed by atoms with Crippen LogP contribution in [0.1, 0.15) is 28.9 Å². The van der Waals surface area contributed by atoms with Gasteiger partial charge in [-0.15, -0.1) is 11.3 Å². The van der Waals surface area contributed by atoms with Gasteiger partial charge in [0.05, 0.1) is 17.3 Å². The predicted octanol–water partition coefficient (Wildman–Crippen LogP) is 2.27. The third-order valence-electron chi connectivity index (χ3n) is 2.42. The van der Waals surface area contributed by atoms with Gasteiger partial charge in [-0.3, -0.25) is 0 Å². The molecule has 0 radical (unpaired) electrons. The van der Waals surface area contributed by atoms with E-state index in [-0.39, 0.29) is 0 Å². The Balaban J connectivity index is 2.44. The van der Waals surface area contributed by atoms with Crippen LogP contribution in [0.25, 0.3) is 0 Å². The molecule has 0 saturated heterocycles. The van der Waals surface area contributed by atoms with Crippen LogP contribution in [-0.4, -0.2) is 24.7 Å². The molecule has 0 aliphatic rings. The van der Waals surface area contributed by atoms with Gasteiger partial charge in [0.2, 0.25) is 0 Å². The average molecular weight is 228 g/mol. The number of hydrogen-bond acceptors (Lipinski definition) is 4. The van der Waals surface area contributed by atoms with Crippen molar-refractivity contribution in [3.05, 3.63) is 15.6 Å². The van der Waals surface area contributed by atoms with E-state index in [0.717, 1.165) is 24.6 Å². The van der Waals surface area contributed by atoms with Crippen LogP contribution in [0.2, 0.25) is 0 Å². The van der Waals surface area contributed by atoms with Crippen molar-refractivity contribution in [2.75, 3.05) is 13.7 Å². The van der Waals surface area contributed by atoms with E-state index in [1.165, 1.54) is 10.6 Å². The van der Waals surface area contributed by atoms with E-state index in [4.69, 9.17) is 4.74 Å². The monoisotopic (exact) mass is 228 g/mol. The molecule has 0 fully saturated rings. The third kappa shape index (κ3) is 3.89. The van der Waals surface area contributed by atoms with Gasteiger partial charge in [0, 0.05) is 24.6 Å². The third-order valence-corrected chi connectivity index (χ3v) is 3.35. The highest BCUT2D eigenvalue weighted by Gasteiger charge is 2.08. The summed E-state index contributed by atoms with van der Waals surface area (Å²) in [5, 5.41) is 4.60. The molecule has 0 spiro atoms. The maximum Gasteiger partial charge on any atom is 0.0900 e. The molecule has 0 aliphatic carbocycles. The summed E-state index contributed by atoms with van der Waals surface area (Å²) in [4.78, 5) is 5.80. The Morgan fingerprint density at radius 1 is 1.47 bits per heavy atom. The van der Waals surface area contributed by atoms with E-state index in [9.17, 15) is 0 Å². The van der Waals surface area contributed by atoms with Gasteiger partial charge in [0.25, 0.3) is 0 Å². The smallest absolute Gasteiger partial charge is 0.0900 e. The molecule has 15 heavy (non-hydrogen) atoms. The van der Waals surface area contributed by atoms with E-state index >= 15 is 0 Å². The van der Waals surface area contributed by atoms with Gasteiger partial charge in [-0.25, -0.2) is 4.98 Å². The van der Waals surface area contributed by atoms with Crippen molar-refractivity contribution in [2.24, 2.45) is 0 Å². The van der Waals surface area contributed by atoms with Gasteiger partial charge >= 0.3 is 0 Å². The lowest BCUT2D eigenvalue weighted by Crippen LogP contribution is -2.32. The molecule has 86 valence electrons. The number of hydrogen-bond donors (Lipinski definition) is 1. The Hall–Kier alpha value is -0.450. The number of methoxy groups -OCH3 is 1. The Morgan fingerprint density at radius 3 is 2.67 bits per heavy atom. The first-order chi connectivity index (χ1) is 7.17. The summed E-state index contributed by atoms with van der Waals surface area (Å²) in [6.07, 6.45) is 1.08. The van der Waals surface area contributed by atoms with Gasteiger partial charge < -0.3 is 10.1 Å². The summed E-state index contributed by atoms with van der Waals surface area (Å²) >= 11 is 1.76. The lowest BCUT2D eigenvalue weighted by Gasteiger charge is -2.15. The molecule has 0 aliphatic heterocycles. The van der Waals surface area contributed by atoms with E-state index in [1.54, 1.807) is 18.4 Å². The van der Waals surface area contributed by atoms with Gasteiger partial charge in [-0.2, -0.15) is 0 Å². The van der Waals surface area contributed by atoms with Crippen molar-refractivity contribution >= 4 is 11.3 Å². The van der Waals surface area contributed by atoms with Crippen molar-refractivity contribution in [1.82, 2.24) is 10.3 Å².